The Morgan fingerprint density at radius 2 is 2.00 bits per heavy atom. The molecule has 1 aliphatic carbocycles. The zero-order chi connectivity index (χ0) is 17.5. The lowest BCUT2D eigenvalue weighted by atomic mass is 9.97. The number of furan rings is 1. The maximum Gasteiger partial charge on any atom is 0.309 e. The summed E-state index contributed by atoms with van der Waals surface area (Å²) in [7, 11) is 0. The molecule has 3 rings (SSSR count). The molecule has 0 aliphatic heterocycles. The van der Waals surface area contributed by atoms with Crippen molar-refractivity contribution in [1.82, 2.24) is 10.6 Å². The third-order valence-corrected chi connectivity index (χ3v) is 4.90. The van der Waals surface area contributed by atoms with Gasteiger partial charge in [0, 0.05) is 17.5 Å². The molecule has 0 radical (unpaired) electrons. The Morgan fingerprint density at radius 1 is 1.12 bits per heavy atom. The molecule has 0 atom stereocenters. The smallest absolute Gasteiger partial charge is 0.309 e. The number of thiophene rings is 1. The van der Waals surface area contributed by atoms with Gasteiger partial charge in [-0.3, -0.25) is 9.59 Å². The van der Waals surface area contributed by atoms with Gasteiger partial charge >= 0.3 is 11.8 Å². The first-order valence-corrected chi connectivity index (χ1v) is 9.52. The van der Waals surface area contributed by atoms with Crippen LogP contribution in [0.25, 0.3) is 11.3 Å². The van der Waals surface area contributed by atoms with Crippen LogP contribution in [0.3, 0.4) is 0 Å². The molecule has 5 nitrogen and oxygen atoms in total. The van der Waals surface area contributed by atoms with Crippen LogP contribution in [0.15, 0.2) is 45.0 Å². The minimum absolute atomic E-state index is 0.196. The number of hydrogen-bond acceptors (Lipinski definition) is 4. The van der Waals surface area contributed by atoms with Crippen molar-refractivity contribution in [3.63, 3.8) is 0 Å². The fraction of sp³-hybridized carbons (Fsp3) is 0.368. The standard InChI is InChI=1S/C19H22N2O3S/c22-18(20-10-8-14-4-2-1-3-5-14)19(23)21-12-16-6-7-17(24-16)15-9-11-25-13-15/h4,6-7,9,11,13H,1-3,5,8,10,12H2,(H,20,22)(H,21,23). The van der Waals surface area contributed by atoms with Gasteiger partial charge in [0.2, 0.25) is 0 Å². The first-order chi connectivity index (χ1) is 12.2. The molecule has 2 aromatic rings. The molecule has 132 valence electrons. The van der Waals surface area contributed by atoms with Gasteiger partial charge in [0.05, 0.1) is 6.54 Å². The molecule has 2 heterocycles. The van der Waals surface area contributed by atoms with E-state index in [9.17, 15) is 9.59 Å². The van der Waals surface area contributed by atoms with Gasteiger partial charge in [0.25, 0.3) is 0 Å². The van der Waals surface area contributed by atoms with E-state index in [0.717, 1.165) is 30.6 Å². The Hall–Kier alpha value is -2.34. The topological polar surface area (TPSA) is 71.3 Å². The minimum Gasteiger partial charge on any atom is -0.459 e. The van der Waals surface area contributed by atoms with Crippen LogP contribution >= 0.6 is 11.3 Å². The number of allylic oxidation sites excluding steroid dienone is 1. The third kappa shape index (κ3) is 5.06. The van der Waals surface area contributed by atoms with Crippen molar-refractivity contribution < 1.29 is 14.0 Å². The highest BCUT2D eigenvalue weighted by atomic mass is 32.1. The molecular weight excluding hydrogens is 336 g/mol. The highest BCUT2D eigenvalue weighted by molar-refractivity contribution is 7.08. The van der Waals surface area contributed by atoms with E-state index in [1.54, 1.807) is 17.4 Å². The zero-order valence-electron chi connectivity index (χ0n) is 14.0. The maximum atomic E-state index is 11.9. The second kappa shape index (κ2) is 8.67. The largest absolute Gasteiger partial charge is 0.459 e. The second-order valence-corrected chi connectivity index (χ2v) is 6.85. The van der Waals surface area contributed by atoms with Crippen molar-refractivity contribution in [2.45, 2.75) is 38.6 Å². The quantitative estimate of drug-likeness (QED) is 0.612. The van der Waals surface area contributed by atoms with Crippen LogP contribution in [0.5, 0.6) is 0 Å². The number of carbonyl (C=O) groups excluding carboxylic acids is 2. The molecule has 1 aliphatic rings. The average molecular weight is 358 g/mol. The molecule has 2 aromatic heterocycles. The molecule has 0 aromatic carbocycles. The van der Waals surface area contributed by atoms with E-state index in [-0.39, 0.29) is 6.54 Å². The van der Waals surface area contributed by atoms with Gasteiger partial charge in [-0.2, -0.15) is 11.3 Å². The minimum atomic E-state index is -0.633. The van der Waals surface area contributed by atoms with Crippen molar-refractivity contribution in [3.8, 4) is 11.3 Å². The summed E-state index contributed by atoms with van der Waals surface area (Å²) in [5.74, 6) is 0.151. The van der Waals surface area contributed by atoms with Crippen molar-refractivity contribution in [1.29, 1.82) is 0 Å². The van der Waals surface area contributed by atoms with Gasteiger partial charge in [-0.05, 0) is 55.7 Å². The van der Waals surface area contributed by atoms with Gasteiger partial charge < -0.3 is 15.1 Å². The van der Waals surface area contributed by atoms with Crippen molar-refractivity contribution in [2.24, 2.45) is 0 Å². The number of carbonyl (C=O) groups is 2. The van der Waals surface area contributed by atoms with E-state index in [4.69, 9.17) is 4.42 Å². The Balaban J connectivity index is 1.39. The first kappa shape index (κ1) is 17.5. The fourth-order valence-corrected chi connectivity index (χ4v) is 3.47. The molecule has 6 heteroatoms. The molecular formula is C19H22N2O3S. The van der Waals surface area contributed by atoms with E-state index in [1.165, 1.54) is 18.4 Å². The van der Waals surface area contributed by atoms with Gasteiger partial charge in [-0.25, -0.2) is 0 Å². The van der Waals surface area contributed by atoms with Gasteiger partial charge in [0.15, 0.2) is 0 Å². The monoisotopic (exact) mass is 358 g/mol. The maximum absolute atomic E-state index is 11.9. The van der Waals surface area contributed by atoms with Crippen LogP contribution in [0, 0.1) is 0 Å². The Morgan fingerprint density at radius 3 is 2.76 bits per heavy atom. The summed E-state index contributed by atoms with van der Waals surface area (Å²) in [5, 5.41) is 9.24. The summed E-state index contributed by atoms with van der Waals surface area (Å²) in [4.78, 5) is 23.7. The predicted molar refractivity (Wildman–Crippen MR) is 98.0 cm³/mol. The second-order valence-electron chi connectivity index (χ2n) is 6.07. The van der Waals surface area contributed by atoms with Gasteiger partial charge in [-0.15, -0.1) is 0 Å². The predicted octanol–water partition coefficient (Wildman–Crippen LogP) is 3.63. The summed E-state index contributed by atoms with van der Waals surface area (Å²) in [6.45, 7) is 0.697. The highest BCUT2D eigenvalue weighted by Gasteiger charge is 2.14. The fourth-order valence-electron chi connectivity index (χ4n) is 2.83. The van der Waals surface area contributed by atoms with Crippen LogP contribution in [0.1, 0.15) is 37.9 Å². The van der Waals surface area contributed by atoms with Crippen LogP contribution in [-0.2, 0) is 16.1 Å². The molecule has 0 saturated carbocycles. The lowest BCUT2D eigenvalue weighted by molar-refractivity contribution is -0.139. The molecule has 0 fully saturated rings. The van der Waals surface area contributed by atoms with Crippen molar-refractivity contribution in [3.05, 3.63) is 46.4 Å². The number of rotatable bonds is 6. The molecule has 0 bridgehead atoms. The highest BCUT2D eigenvalue weighted by Crippen LogP contribution is 2.24. The van der Waals surface area contributed by atoms with E-state index in [2.05, 4.69) is 16.7 Å². The molecule has 0 saturated heterocycles. The number of amides is 2. The molecule has 2 amide bonds. The van der Waals surface area contributed by atoms with Gasteiger partial charge in [0.1, 0.15) is 11.5 Å². The summed E-state index contributed by atoms with van der Waals surface area (Å²) >= 11 is 1.60. The summed E-state index contributed by atoms with van der Waals surface area (Å²) in [6, 6.07) is 5.64. The lowest BCUT2D eigenvalue weighted by Crippen LogP contribution is -2.40. The molecule has 0 spiro atoms. The van der Waals surface area contributed by atoms with E-state index < -0.39 is 11.8 Å². The van der Waals surface area contributed by atoms with Crippen molar-refractivity contribution in [2.75, 3.05) is 6.54 Å². The lowest BCUT2D eigenvalue weighted by Gasteiger charge is -2.12. The van der Waals surface area contributed by atoms with E-state index >= 15 is 0 Å². The normalized spacial score (nSPS) is 14.0. The Kier molecular flexibility index (Phi) is 6.06. The summed E-state index contributed by atoms with van der Waals surface area (Å²) < 4.78 is 5.67. The average Bonchev–Trinajstić information content (AvgIpc) is 3.32. The third-order valence-electron chi connectivity index (χ3n) is 4.21. The van der Waals surface area contributed by atoms with Crippen LogP contribution in [0.4, 0.5) is 0 Å². The number of nitrogens with one attached hydrogen (secondary N) is 2. The summed E-state index contributed by atoms with van der Waals surface area (Å²) in [5.41, 5.74) is 2.39. The van der Waals surface area contributed by atoms with Crippen molar-refractivity contribution >= 4 is 23.2 Å². The van der Waals surface area contributed by atoms with Crippen LogP contribution in [-0.4, -0.2) is 18.4 Å². The van der Waals surface area contributed by atoms with E-state index in [0.29, 0.717) is 12.3 Å². The molecule has 0 unspecified atom stereocenters. The molecule has 25 heavy (non-hydrogen) atoms. The van der Waals surface area contributed by atoms with Crippen LogP contribution < -0.4 is 10.6 Å². The zero-order valence-corrected chi connectivity index (χ0v) is 14.9. The Labute approximate surface area is 151 Å². The first-order valence-electron chi connectivity index (χ1n) is 8.57. The number of hydrogen-bond donors (Lipinski definition) is 2. The summed E-state index contributed by atoms with van der Waals surface area (Å²) in [6.07, 6.45) is 7.77. The Bertz CT molecular complexity index is 747. The van der Waals surface area contributed by atoms with E-state index in [1.807, 2.05) is 22.9 Å². The SMILES string of the molecule is O=C(NCCC1=CCCCC1)C(=O)NCc1ccc(-c2ccsc2)o1. The van der Waals surface area contributed by atoms with Gasteiger partial charge in [-0.1, -0.05) is 11.6 Å². The van der Waals surface area contributed by atoms with Crippen LogP contribution in [0.2, 0.25) is 0 Å². The molecule has 2 N–H and O–H groups in total.